The fraction of sp³-hybridized carbons (Fsp3) is 0.200. The fourth-order valence-electron chi connectivity index (χ4n) is 1.21. The van der Waals surface area contributed by atoms with Crippen molar-refractivity contribution in [2.24, 2.45) is 0 Å². The lowest BCUT2D eigenvalue weighted by molar-refractivity contribution is 0.0956. The highest BCUT2D eigenvalue weighted by Crippen LogP contribution is 2.07. The molecule has 0 aromatic carbocycles. The van der Waals surface area contributed by atoms with Crippen LogP contribution < -0.4 is 5.32 Å². The van der Waals surface area contributed by atoms with Gasteiger partial charge in [-0.15, -0.1) is 11.3 Å². The molecule has 0 saturated heterocycles. The fourth-order valence-corrected chi connectivity index (χ4v) is 1.85. The molecule has 0 fully saturated rings. The van der Waals surface area contributed by atoms with Crippen LogP contribution in [0.15, 0.2) is 36.2 Å². The Morgan fingerprint density at radius 1 is 1.60 bits per heavy atom. The lowest BCUT2D eigenvalue weighted by Gasteiger charge is -2.03. The van der Waals surface area contributed by atoms with Gasteiger partial charge in [0.15, 0.2) is 0 Å². The molecule has 2 heterocycles. The molecule has 0 aliphatic rings. The normalized spacial score (nSPS) is 10.1. The molecule has 15 heavy (non-hydrogen) atoms. The highest BCUT2D eigenvalue weighted by Gasteiger charge is 2.04. The molecule has 1 amide bonds. The van der Waals surface area contributed by atoms with Crippen molar-refractivity contribution in [1.29, 1.82) is 0 Å². The van der Waals surface area contributed by atoms with Crippen LogP contribution in [-0.4, -0.2) is 22.0 Å². The van der Waals surface area contributed by atoms with E-state index >= 15 is 0 Å². The first kappa shape index (κ1) is 9.92. The van der Waals surface area contributed by atoms with E-state index in [2.05, 4.69) is 10.3 Å². The van der Waals surface area contributed by atoms with Crippen molar-refractivity contribution in [2.45, 2.75) is 6.54 Å². The summed E-state index contributed by atoms with van der Waals surface area (Å²) in [4.78, 5) is 16.2. The number of nitrogens with one attached hydrogen (secondary N) is 1. The van der Waals surface area contributed by atoms with E-state index in [1.165, 1.54) is 11.3 Å². The van der Waals surface area contributed by atoms with Crippen LogP contribution >= 0.6 is 11.3 Å². The third kappa shape index (κ3) is 2.66. The zero-order chi connectivity index (χ0) is 10.5. The summed E-state index contributed by atoms with van der Waals surface area (Å²) in [5.41, 5.74) is 0. The summed E-state index contributed by atoms with van der Waals surface area (Å²) < 4.78 is 1.93. The number of carbonyl (C=O) groups excluding carboxylic acids is 1. The van der Waals surface area contributed by atoms with Crippen LogP contribution in [0.4, 0.5) is 0 Å². The molecule has 2 aromatic rings. The first-order valence-corrected chi connectivity index (χ1v) is 5.51. The van der Waals surface area contributed by atoms with E-state index in [9.17, 15) is 4.79 Å². The highest BCUT2D eigenvalue weighted by atomic mass is 32.1. The maximum atomic E-state index is 11.5. The van der Waals surface area contributed by atoms with Crippen LogP contribution in [0.25, 0.3) is 0 Å². The van der Waals surface area contributed by atoms with Crippen molar-refractivity contribution < 1.29 is 4.79 Å². The van der Waals surface area contributed by atoms with Crippen LogP contribution in [0.2, 0.25) is 0 Å². The summed E-state index contributed by atoms with van der Waals surface area (Å²) in [6.45, 7) is 1.37. The van der Waals surface area contributed by atoms with Crippen LogP contribution in [0.3, 0.4) is 0 Å². The molecule has 1 N–H and O–H groups in total. The van der Waals surface area contributed by atoms with Gasteiger partial charge in [0.05, 0.1) is 11.2 Å². The summed E-state index contributed by atoms with van der Waals surface area (Å²) >= 11 is 1.45. The molecular weight excluding hydrogens is 210 g/mol. The maximum Gasteiger partial charge on any atom is 0.261 e. The Bertz CT molecular complexity index is 408. The molecule has 0 radical (unpaired) electrons. The Morgan fingerprint density at radius 2 is 2.53 bits per heavy atom. The Labute approximate surface area is 91.6 Å². The van der Waals surface area contributed by atoms with E-state index in [4.69, 9.17) is 0 Å². The second kappa shape index (κ2) is 4.75. The Hall–Kier alpha value is -1.62. The van der Waals surface area contributed by atoms with Crippen molar-refractivity contribution in [1.82, 2.24) is 14.9 Å². The van der Waals surface area contributed by atoms with E-state index in [1.54, 1.807) is 12.5 Å². The Kier molecular flexibility index (Phi) is 3.14. The predicted molar refractivity (Wildman–Crippen MR) is 58.9 cm³/mol. The lowest BCUT2D eigenvalue weighted by atomic mass is 10.4. The number of carbonyl (C=O) groups is 1. The quantitative estimate of drug-likeness (QED) is 0.847. The number of thiophene rings is 1. The molecule has 78 valence electrons. The molecule has 5 heteroatoms. The second-order valence-corrected chi connectivity index (χ2v) is 3.98. The summed E-state index contributed by atoms with van der Waals surface area (Å²) in [7, 11) is 0. The number of hydrogen-bond donors (Lipinski definition) is 1. The number of amides is 1. The zero-order valence-corrected chi connectivity index (χ0v) is 8.91. The van der Waals surface area contributed by atoms with Crippen LogP contribution in [0.5, 0.6) is 0 Å². The summed E-state index contributed by atoms with van der Waals surface area (Å²) in [6.07, 6.45) is 5.33. The monoisotopic (exact) mass is 221 g/mol. The molecule has 0 saturated carbocycles. The van der Waals surface area contributed by atoms with Crippen molar-refractivity contribution in [3.8, 4) is 0 Å². The van der Waals surface area contributed by atoms with E-state index in [-0.39, 0.29) is 5.91 Å². The second-order valence-electron chi connectivity index (χ2n) is 3.03. The van der Waals surface area contributed by atoms with E-state index in [0.717, 1.165) is 11.4 Å². The molecule has 0 bridgehead atoms. The zero-order valence-electron chi connectivity index (χ0n) is 8.09. The maximum absolute atomic E-state index is 11.5. The number of imidazole rings is 1. The van der Waals surface area contributed by atoms with E-state index in [1.807, 2.05) is 28.3 Å². The van der Waals surface area contributed by atoms with Gasteiger partial charge in [-0.1, -0.05) is 6.07 Å². The molecule has 0 atom stereocenters. The SMILES string of the molecule is O=C(NCCn1ccnc1)c1cccs1. The third-order valence-corrected chi connectivity index (χ3v) is 2.83. The van der Waals surface area contributed by atoms with Gasteiger partial charge in [-0.3, -0.25) is 4.79 Å². The van der Waals surface area contributed by atoms with Crippen LogP contribution in [0.1, 0.15) is 9.67 Å². The highest BCUT2D eigenvalue weighted by molar-refractivity contribution is 7.12. The van der Waals surface area contributed by atoms with Crippen molar-refractivity contribution in [3.63, 3.8) is 0 Å². The number of nitrogens with zero attached hydrogens (tertiary/aromatic N) is 2. The predicted octanol–water partition coefficient (Wildman–Crippen LogP) is 1.37. The molecular formula is C10H11N3OS. The number of rotatable bonds is 4. The molecule has 2 rings (SSSR count). The largest absolute Gasteiger partial charge is 0.350 e. The van der Waals surface area contributed by atoms with Crippen LogP contribution in [0, 0.1) is 0 Å². The minimum atomic E-state index is -0.00915. The number of hydrogen-bond acceptors (Lipinski definition) is 3. The molecule has 0 aliphatic heterocycles. The minimum Gasteiger partial charge on any atom is -0.350 e. The molecule has 0 aliphatic carbocycles. The van der Waals surface area contributed by atoms with Crippen molar-refractivity contribution >= 4 is 17.2 Å². The van der Waals surface area contributed by atoms with Crippen molar-refractivity contribution in [3.05, 3.63) is 41.1 Å². The van der Waals surface area contributed by atoms with Gasteiger partial charge in [0.25, 0.3) is 5.91 Å². The van der Waals surface area contributed by atoms with Gasteiger partial charge >= 0.3 is 0 Å². The first-order chi connectivity index (χ1) is 7.36. The van der Waals surface area contributed by atoms with Gasteiger partial charge in [0.1, 0.15) is 0 Å². The first-order valence-electron chi connectivity index (χ1n) is 4.64. The topological polar surface area (TPSA) is 46.9 Å². The Balaban J connectivity index is 1.77. The average molecular weight is 221 g/mol. The molecule has 0 spiro atoms. The molecule has 2 aromatic heterocycles. The van der Waals surface area contributed by atoms with E-state index < -0.39 is 0 Å². The average Bonchev–Trinajstić information content (AvgIpc) is 2.90. The Morgan fingerprint density at radius 3 is 3.20 bits per heavy atom. The van der Waals surface area contributed by atoms with Gasteiger partial charge in [0, 0.05) is 25.5 Å². The van der Waals surface area contributed by atoms with Crippen LogP contribution in [-0.2, 0) is 6.54 Å². The van der Waals surface area contributed by atoms with Gasteiger partial charge in [0.2, 0.25) is 0 Å². The van der Waals surface area contributed by atoms with E-state index in [0.29, 0.717) is 6.54 Å². The van der Waals surface area contributed by atoms with Gasteiger partial charge in [-0.25, -0.2) is 4.98 Å². The third-order valence-electron chi connectivity index (χ3n) is 1.96. The van der Waals surface area contributed by atoms with Gasteiger partial charge in [-0.2, -0.15) is 0 Å². The lowest BCUT2D eigenvalue weighted by Crippen LogP contribution is -2.26. The van der Waals surface area contributed by atoms with Gasteiger partial charge in [-0.05, 0) is 11.4 Å². The summed E-state index contributed by atoms with van der Waals surface area (Å²) in [6, 6.07) is 3.69. The van der Waals surface area contributed by atoms with Crippen molar-refractivity contribution in [2.75, 3.05) is 6.54 Å². The molecule has 0 unspecified atom stereocenters. The summed E-state index contributed by atoms with van der Waals surface area (Å²) in [5, 5.41) is 4.74. The summed E-state index contributed by atoms with van der Waals surface area (Å²) in [5.74, 6) is -0.00915. The standard InChI is InChI=1S/C10H11N3OS/c14-10(9-2-1-7-15-9)12-4-6-13-5-3-11-8-13/h1-3,5,7-8H,4,6H2,(H,12,14). The smallest absolute Gasteiger partial charge is 0.261 e. The van der Waals surface area contributed by atoms with Gasteiger partial charge < -0.3 is 9.88 Å². The minimum absolute atomic E-state index is 0.00915. The molecule has 4 nitrogen and oxygen atoms in total. The number of aromatic nitrogens is 2.